The maximum Gasteiger partial charge on any atom is 0.232 e. The van der Waals surface area contributed by atoms with Crippen LogP contribution in [0.5, 0.6) is 0 Å². The smallest absolute Gasteiger partial charge is 0.232 e. The molecule has 92 valence electrons. The van der Waals surface area contributed by atoms with Gasteiger partial charge in [0.15, 0.2) is 0 Å². The lowest BCUT2D eigenvalue weighted by Gasteiger charge is -2.06. The van der Waals surface area contributed by atoms with Crippen LogP contribution in [0.4, 0.5) is 5.13 Å². The van der Waals surface area contributed by atoms with Gasteiger partial charge in [0.2, 0.25) is 11.0 Å². The van der Waals surface area contributed by atoms with Crippen molar-refractivity contribution >= 4 is 34.0 Å². The summed E-state index contributed by atoms with van der Waals surface area (Å²) in [5, 5.41) is 12.7. The number of nitrogens with one attached hydrogen (secondary N) is 1. The van der Waals surface area contributed by atoms with Gasteiger partial charge in [-0.1, -0.05) is 25.2 Å². The van der Waals surface area contributed by atoms with E-state index in [9.17, 15) is 4.79 Å². The third kappa shape index (κ3) is 1.85. The first kappa shape index (κ1) is 11.4. The molecule has 2 saturated carbocycles. The molecule has 2 aliphatic rings. The van der Waals surface area contributed by atoms with E-state index >= 15 is 0 Å². The molecular formula is C11H14ClN3OS. The quantitative estimate of drug-likeness (QED) is 0.860. The Kier molecular flexibility index (Phi) is 2.29. The van der Waals surface area contributed by atoms with E-state index in [1.807, 2.05) is 6.92 Å². The lowest BCUT2D eigenvalue weighted by atomic mass is 10.1. The van der Waals surface area contributed by atoms with E-state index < -0.39 is 0 Å². The minimum absolute atomic E-state index is 0.0360. The third-order valence-electron chi connectivity index (χ3n) is 3.82. The zero-order chi connectivity index (χ0) is 12.3. The van der Waals surface area contributed by atoms with Crippen LogP contribution in [0.1, 0.15) is 38.1 Å². The summed E-state index contributed by atoms with van der Waals surface area (Å²) < 4.78 is 0. The standard InChI is InChI=1S/C11H14ClN3OS/c1-10(3-4-10)7(16)13-9-15-14-8(17-9)11(2)5-6(11)12/h6H,3-5H2,1-2H3,(H,13,15,16). The molecule has 0 spiro atoms. The molecule has 1 heterocycles. The molecule has 1 aromatic rings. The molecule has 0 bridgehead atoms. The molecule has 0 saturated heterocycles. The summed E-state index contributed by atoms with van der Waals surface area (Å²) in [5.41, 5.74) is -0.212. The Balaban J connectivity index is 1.71. The summed E-state index contributed by atoms with van der Waals surface area (Å²) in [5.74, 6) is 0.0589. The van der Waals surface area contributed by atoms with E-state index in [-0.39, 0.29) is 22.1 Å². The van der Waals surface area contributed by atoms with Crippen molar-refractivity contribution in [2.24, 2.45) is 5.41 Å². The van der Waals surface area contributed by atoms with Crippen LogP contribution in [0.25, 0.3) is 0 Å². The first-order chi connectivity index (χ1) is 7.94. The molecule has 0 aliphatic heterocycles. The minimum atomic E-state index is -0.176. The van der Waals surface area contributed by atoms with Crippen molar-refractivity contribution in [1.29, 1.82) is 0 Å². The zero-order valence-electron chi connectivity index (χ0n) is 9.79. The lowest BCUT2D eigenvalue weighted by molar-refractivity contribution is -0.120. The van der Waals surface area contributed by atoms with Crippen LogP contribution < -0.4 is 5.32 Å². The van der Waals surface area contributed by atoms with Gasteiger partial charge in [-0.3, -0.25) is 4.79 Å². The number of aromatic nitrogens is 2. The molecule has 1 aromatic heterocycles. The highest BCUT2D eigenvalue weighted by Crippen LogP contribution is 2.53. The van der Waals surface area contributed by atoms with Gasteiger partial charge < -0.3 is 5.32 Å². The van der Waals surface area contributed by atoms with Gasteiger partial charge in [-0.05, 0) is 19.3 Å². The van der Waals surface area contributed by atoms with Gasteiger partial charge >= 0.3 is 0 Å². The number of rotatable bonds is 3. The molecular weight excluding hydrogens is 258 g/mol. The van der Waals surface area contributed by atoms with Crippen LogP contribution in [-0.4, -0.2) is 21.5 Å². The fourth-order valence-corrected chi connectivity index (χ4v) is 3.14. The highest BCUT2D eigenvalue weighted by atomic mass is 35.5. The molecule has 6 heteroatoms. The van der Waals surface area contributed by atoms with Gasteiger partial charge in [0, 0.05) is 16.2 Å². The number of amides is 1. The second-order valence-corrected chi connectivity index (χ2v) is 7.02. The van der Waals surface area contributed by atoms with Gasteiger partial charge in [-0.15, -0.1) is 21.8 Å². The molecule has 2 atom stereocenters. The first-order valence-electron chi connectivity index (χ1n) is 5.74. The van der Waals surface area contributed by atoms with Crippen molar-refractivity contribution < 1.29 is 4.79 Å². The van der Waals surface area contributed by atoms with E-state index in [1.165, 1.54) is 11.3 Å². The minimum Gasteiger partial charge on any atom is -0.300 e. The number of hydrogen-bond donors (Lipinski definition) is 1. The highest BCUT2D eigenvalue weighted by Gasteiger charge is 2.53. The second-order valence-electron chi connectivity index (χ2n) is 5.52. The number of halogens is 1. The Labute approximate surface area is 109 Å². The van der Waals surface area contributed by atoms with Crippen molar-refractivity contribution in [2.75, 3.05) is 5.32 Å². The van der Waals surface area contributed by atoms with E-state index in [0.29, 0.717) is 5.13 Å². The van der Waals surface area contributed by atoms with Crippen LogP contribution in [0.2, 0.25) is 0 Å². The summed E-state index contributed by atoms with van der Waals surface area (Å²) in [7, 11) is 0. The SMILES string of the molecule is CC1(C(=O)Nc2nnc(C3(C)CC3Cl)s2)CC1. The van der Waals surface area contributed by atoms with E-state index in [0.717, 1.165) is 24.3 Å². The zero-order valence-corrected chi connectivity index (χ0v) is 11.4. The molecule has 1 N–H and O–H groups in total. The van der Waals surface area contributed by atoms with Crippen molar-refractivity contribution in [3.63, 3.8) is 0 Å². The Morgan fingerprint density at radius 2 is 2.12 bits per heavy atom. The Bertz CT molecular complexity index is 485. The Hall–Kier alpha value is -0.680. The fourth-order valence-electron chi connectivity index (χ4n) is 1.70. The van der Waals surface area contributed by atoms with Gasteiger partial charge in [-0.25, -0.2) is 0 Å². The van der Waals surface area contributed by atoms with Crippen molar-refractivity contribution in [3.8, 4) is 0 Å². The molecule has 17 heavy (non-hydrogen) atoms. The number of carbonyl (C=O) groups is 1. The Morgan fingerprint density at radius 1 is 1.47 bits per heavy atom. The molecule has 2 aliphatic carbocycles. The summed E-state index contributed by atoms with van der Waals surface area (Å²) >= 11 is 7.52. The normalized spacial score (nSPS) is 33.2. The maximum atomic E-state index is 11.8. The number of alkyl halides is 1. The Morgan fingerprint density at radius 3 is 2.65 bits per heavy atom. The topological polar surface area (TPSA) is 54.9 Å². The van der Waals surface area contributed by atoms with E-state index in [4.69, 9.17) is 11.6 Å². The predicted molar refractivity (Wildman–Crippen MR) is 67.5 cm³/mol. The largest absolute Gasteiger partial charge is 0.300 e. The maximum absolute atomic E-state index is 11.8. The summed E-state index contributed by atoms with van der Waals surface area (Å²) in [6.45, 7) is 4.06. The van der Waals surface area contributed by atoms with Crippen LogP contribution in [-0.2, 0) is 10.2 Å². The third-order valence-corrected chi connectivity index (χ3v) is 5.57. The van der Waals surface area contributed by atoms with E-state index in [2.05, 4.69) is 22.4 Å². The van der Waals surface area contributed by atoms with Crippen molar-refractivity contribution in [1.82, 2.24) is 10.2 Å². The van der Waals surface area contributed by atoms with Crippen molar-refractivity contribution in [2.45, 2.75) is 43.9 Å². The summed E-state index contributed by atoms with van der Waals surface area (Å²) in [4.78, 5) is 11.8. The molecule has 2 fully saturated rings. The van der Waals surface area contributed by atoms with Gasteiger partial charge in [0.1, 0.15) is 5.01 Å². The second kappa shape index (κ2) is 3.42. The highest BCUT2D eigenvalue weighted by molar-refractivity contribution is 7.15. The monoisotopic (exact) mass is 271 g/mol. The first-order valence-corrected chi connectivity index (χ1v) is 6.99. The summed E-state index contributed by atoms with van der Waals surface area (Å²) in [6.07, 6.45) is 2.87. The molecule has 3 rings (SSSR count). The molecule has 0 radical (unpaired) electrons. The molecule has 2 unspecified atom stereocenters. The molecule has 1 amide bonds. The van der Waals surface area contributed by atoms with Crippen LogP contribution >= 0.6 is 22.9 Å². The van der Waals surface area contributed by atoms with Crippen LogP contribution in [0.15, 0.2) is 0 Å². The fraction of sp³-hybridized carbons (Fsp3) is 0.727. The molecule has 0 aromatic carbocycles. The van der Waals surface area contributed by atoms with E-state index in [1.54, 1.807) is 0 Å². The van der Waals surface area contributed by atoms with Gasteiger partial charge in [0.05, 0.1) is 0 Å². The number of hydrogen-bond acceptors (Lipinski definition) is 4. The summed E-state index contributed by atoms with van der Waals surface area (Å²) in [6, 6.07) is 0. The van der Waals surface area contributed by atoms with Crippen LogP contribution in [0.3, 0.4) is 0 Å². The van der Waals surface area contributed by atoms with Crippen molar-refractivity contribution in [3.05, 3.63) is 5.01 Å². The average molecular weight is 272 g/mol. The number of carbonyl (C=O) groups excluding carboxylic acids is 1. The van der Waals surface area contributed by atoms with Gasteiger partial charge in [0.25, 0.3) is 0 Å². The molecule has 4 nitrogen and oxygen atoms in total. The van der Waals surface area contributed by atoms with Gasteiger partial charge in [-0.2, -0.15) is 0 Å². The predicted octanol–water partition coefficient (Wildman–Crippen LogP) is 2.55. The van der Waals surface area contributed by atoms with Crippen LogP contribution in [0, 0.1) is 5.41 Å². The number of anilines is 1. The number of nitrogens with zero attached hydrogens (tertiary/aromatic N) is 2. The average Bonchev–Trinajstić information content (AvgIpc) is 3.08. The lowest BCUT2D eigenvalue weighted by Crippen LogP contribution is -2.21.